The lowest BCUT2D eigenvalue weighted by atomic mass is 9.98. The predicted molar refractivity (Wildman–Crippen MR) is 102 cm³/mol. The van der Waals surface area contributed by atoms with Gasteiger partial charge in [0.1, 0.15) is 6.61 Å². The number of hydrogen-bond donors (Lipinski definition) is 3. The second-order valence-electron chi connectivity index (χ2n) is 6.22. The number of benzene rings is 2. The lowest BCUT2D eigenvalue weighted by Gasteiger charge is -2.15. The molecular formula is C19H20NO8P. The maximum atomic E-state index is 11.9. The smallest absolute Gasteiger partial charge is 0.472 e. The third-order valence-electron chi connectivity index (χ3n) is 4.32. The van der Waals surface area contributed by atoms with Crippen molar-refractivity contribution in [3.8, 4) is 11.1 Å². The zero-order chi connectivity index (χ0) is 20.9. The zero-order valence-electron chi connectivity index (χ0n) is 15.3. The molecule has 1 aliphatic carbocycles. The summed E-state index contributed by atoms with van der Waals surface area (Å²) < 4.78 is 25.5. The average Bonchev–Trinajstić information content (AvgIpc) is 3.02. The van der Waals surface area contributed by atoms with Crippen LogP contribution in [0.3, 0.4) is 0 Å². The number of carbonyl (C=O) groups excluding carboxylic acids is 1. The van der Waals surface area contributed by atoms with Crippen molar-refractivity contribution in [3.05, 3.63) is 59.7 Å². The van der Waals surface area contributed by atoms with E-state index in [0.29, 0.717) is 0 Å². The first-order chi connectivity index (χ1) is 13.9. The molecule has 0 saturated carbocycles. The third-order valence-corrected chi connectivity index (χ3v) is 5.28. The van der Waals surface area contributed by atoms with Gasteiger partial charge in [-0.1, -0.05) is 48.5 Å². The number of alkyl carbamates (subject to hydrolysis) is 1. The normalized spacial score (nSPS) is 14.5. The number of hydrogen-bond acceptors (Lipinski definition) is 6. The van der Waals surface area contributed by atoms with E-state index in [2.05, 4.69) is 14.4 Å². The molecule has 9 nitrogen and oxygen atoms in total. The molecule has 1 aliphatic rings. The number of carboxylic acid groups (broad SMARTS) is 1. The molecule has 0 bridgehead atoms. The van der Waals surface area contributed by atoms with Crippen LogP contribution in [0.1, 0.15) is 17.0 Å². The van der Waals surface area contributed by atoms with Gasteiger partial charge in [0.2, 0.25) is 0 Å². The van der Waals surface area contributed by atoms with Crippen LogP contribution in [-0.2, 0) is 23.1 Å². The Morgan fingerprint density at radius 2 is 1.59 bits per heavy atom. The highest BCUT2D eigenvalue weighted by Gasteiger charge is 2.29. The Bertz CT molecular complexity index is 902. The maximum absolute atomic E-state index is 11.9. The van der Waals surface area contributed by atoms with E-state index in [1.807, 2.05) is 48.5 Å². The number of carboxylic acids is 1. The van der Waals surface area contributed by atoms with Gasteiger partial charge in [-0.2, -0.15) is 0 Å². The Labute approximate surface area is 166 Å². The average molecular weight is 421 g/mol. The van der Waals surface area contributed by atoms with Crippen molar-refractivity contribution in [2.75, 3.05) is 26.4 Å². The van der Waals surface area contributed by atoms with Crippen molar-refractivity contribution in [2.24, 2.45) is 0 Å². The van der Waals surface area contributed by atoms with Crippen LogP contribution in [0.15, 0.2) is 48.5 Å². The molecular weight excluding hydrogens is 401 g/mol. The number of fused-ring (bicyclic) bond motifs is 3. The topological polar surface area (TPSA) is 131 Å². The monoisotopic (exact) mass is 421 g/mol. The van der Waals surface area contributed by atoms with Crippen LogP contribution < -0.4 is 5.32 Å². The van der Waals surface area contributed by atoms with Gasteiger partial charge in [-0.15, -0.1) is 0 Å². The van der Waals surface area contributed by atoms with Gasteiger partial charge in [0, 0.05) is 12.5 Å². The van der Waals surface area contributed by atoms with Crippen LogP contribution in [0.5, 0.6) is 0 Å². The second-order valence-corrected chi connectivity index (χ2v) is 7.67. The number of rotatable bonds is 9. The van der Waals surface area contributed by atoms with Crippen molar-refractivity contribution < 1.29 is 37.9 Å². The summed E-state index contributed by atoms with van der Waals surface area (Å²) in [4.78, 5) is 31.5. The van der Waals surface area contributed by atoms with Gasteiger partial charge >= 0.3 is 19.9 Å². The molecule has 0 aromatic heterocycles. The molecule has 0 spiro atoms. The van der Waals surface area contributed by atoms with Gasteiger partial charge in [0.15, 0.2) is 6.61 Å². The van der Waals surface area contributed by atoms with E-state index in [1.165, 1.54) is 0 Å². The Kier molecular flexibility index (Phi) is 6.66. The fraction of sp³-hybridized carbons (Fsp3) is 0.263. The third kappa shape index (κ3) is 5.42. The van der Waals surface area contributed by atoms with E-state index in [-0.39, 0.29) is 25.7 Å². The molecule has 0 aliphatic heterocycles. The lowest BCUT2D eigenvalue weighted by molar-refractivity contribution is -0.139. The zero-order valence-corrected chi connectivity index (χ0v) is 16.2. The lowest BCUT2D eigenvalue weighted by Crippen LogP contribution is -2.29. The van der Waals surface area contributed by atoms with E-state index in [1.54, 1.807) is 0 Å². The minimum absolute atomic E-state index is 0.0773. The van der Waals surface area contributed by atoms with Gasteiger partial charge in [-0.05, 0) is 22.3 Å². The molecule has 2 aromatic carbocycles. The number of carbonyl (C=O) groups is 2. The quantitative estimate of drug-likeness (QED) is 0.416. The van der Waals surface area contributed by atoms with E-state index in [0.717, 1.165) is 22.3 Å². The summed E-state index contributed by atoms with van der Waals surface area (Å²) in [7, 11) is -4.48. The molecule has 0 radical (unpaired) electrons. The fourth-order valence-corrected chi connectivity index (χ4v) is 3.81. The van der Waals surface area contributed by atoms with Crippen LogP contribution >= 0.6 is 7.82 Å². The first-order valence-electron chi connectivity index (χ1n) is 8.80. The highest BCUT2D eigenvalue weighted by molar-refractivity contribution is 7.47. The minimum Gasteiger partial charge on any atom is -0.480 e. The van der Waals surface area contributed by atoms with E-state index in [9.17, 15) is 19.0 Å². The van der Waals surface area contributed by atoms with E-state index >= 15 is 0 Å². The number of nitrogens with one attached hydrogen (secondary N) is 1. The Morgan fingerprint density at radius 3 is 2.17 bits per heavy atom. The minimum atomic E-state index is -4.48. The molecule has 10 heteroatoms. The molecule has 1 amide bonds. The summed E-state index contributed by atoms with van der Waals surface area (Å²) in [6.45, 7) is -1.29. The predicted octanol–water partition coefficient (Wildman–Crippen LogP) is 2.74. The Morgan fingerprint density at radius 1 is 1.00 bits per heavy atom. The van der Waals surface area contributed by atoms with Crippen molar-refractivity contribution in [3.63, 3.8) is 0 Å². The van der Waals surface area contributed by atoms with Gasteiger partial charge < -0.3 is 20.1 Å². The molecule has 0 heterocycles. The summed E-state index contributed by atoms with van der Waals surface area (Å²) in [5.74, 6) is -1.48. The molecule has 154 valence electrons. The summed E-state index contributed by atoms with van der Waals surface area (Å²) >= 11 is 0. The molecule has 1 atom stereocenters. The largest absolute Gasteiger partial charge is 0.480 e. The highest BCUT2D eigenvalue weighted by atomic mass is 31.2. The standard InChI is InChI=1S/C19H20NO8P/c21-18(22)12-28-29(24,25)27-10-9-20-19(23)26-11-17-15-7-3-1-5-13(15)14-6-2-4-8-16(14)17/h1-8,17H,9-12H2,(H,20,23)(H,21,22)(H,24,25). The summed E-state index contributed by atoms with van der Waals surface area (Å²) in [5, 5.41) is 10.8. The van der Waals surface area contributed by atoms with Gasteiger partial charge in [-0.25, -0.2) is 14.2 Å². The number of phosphoric acid groups is 1. The van der Waals surface area contributed by atoms with Crippen LogP contribution in [0.25, 0.3) is 11.1 Å². The molecule has 29 heavy (non-hydrogen) atoms. The number of amides is 1. The molecule has 3 N–H and O–H groups in total. The SMILES string of the molecule is O=C(O)COP(=O)(O)OCCNC(=O)OCC1c2ccccc2-c2ccccc21. The molecule has 2 aromatic rings. The second kappa shape index (κ2) is 9.19. The Balaban J connectivity index is 1.47. The first-order valence-corrected chi connectivity index (χ1v) is 10.3. The summed E-state index contributed by atoms with van der Waals surface area (Å²) in [6, 6.07) is 15.9. The molecule has 1 unspecified atom stereocenters. The van der Waals surface area contributed by atoms with Gasteiger partial charge in [0.25, 0.3) is 0 Å². The van der Waals surface area contributed by atoms with Crippen molar-refractivity contribution in [1.29, 1.82) is 0 Å². The van der Waals surface area contributed by atoms with Gasteiger partial charge in [0.05, 0.1) is 6.61 Å². The maximum Gasteiger partial charge on any atom is 0.472 e. The van der Waals surface area contributed by atoms with E-state index in [4.69, 9.17) is 9.84 Å². The van der Waals surface area contributed by atoms with Crippen LogP contribution in [0.2, 0.25) is 0 Å². The van der Waals surface area contributed by atoms with Crippen molar-refractivity contribution >= 4 is 19.9 Å². The van der Waals surface area contributed by atoms with Crippen LogP contribution in [0.4, 0.5) is 4.79 Å². The summed E-state index contributed by atoms with van der Waals surface area (Å²) in [5.41, 5.74) is 4.40. The molecule has 0 saturated heterocycles. The van der Waals surface area contributed by atoms with Gasteiger partial charge in [-0.3, -0.25) is 9.05 Å². The summed E-state index contributed by atoms with van der Waals surface area (Å²) in [6.07, 6.45) is -0.699. The highest BCUT2D eigenvalue weighted by Crippen LogP contribution is 2.44. The molecule has 0 fully saturated rings. The molecule has 3 rings (SSSR count). The number of aliphatic carboxylic acids is 1. The number of phosphoric ester groups is 1. The fourth-order valence-electron chi connectivity index (χ4n) is 3.14. The first kappa shape index (κ1) is 21.0. The Hall–Kier alpha value is -2.71. The number of ether oxygens (including phenoxy) is 1. The van der Waals surface area contributed by atoms with E-state index < -0.39 is 26.5 Å². The van der Waals surface area contributed by atoms with Crippen molar-refractivity contribution in [2.45, 2.75) is 5.92 Å². The van der Waals surface area contributed by atoms with Crippen LogP contribution in [-0.4, -0.2) is 48.4 Å². The van der Waals surface area contributed by atoms with Crippen molar-refractivity contribution in [1.82, 2.24) is 5.32 Å². The van der Waals surface area contributed by atoms with Crippen LogP contribution in [0, 0.1) is 0 Å².